The van der Waals surface area contributed by atoms with Crippen LogP contribution in [0.4, 0.5) is 0 Å². The zero-order valence-corrected chi connectivity index (χ0v) is 8.30. The fourth-order valence-electron chi connectivity index (χ4n) is 1.21. The molecule has 14 heavy (non-hydrogen) atoms. The Morgan fingerprint density at radius 3 is 2.79 bits per heavy atom. The van der Waals surface area contributed by atoms with Gasteiger partial charge in [0.2, 0.25) is 0 Å². The molecule has 0 atom stereocenters. The van der Waals surface area contributed by atoms with Crippen LogP contribution in [0.3, 0.4) is 0 Å². The lowest BCUT2D eigenvalue weighted by atomic mass is 10.00. The van der Waals surface area contributed by atoms with Crippen molar-refractivity contribution in [3.05, 3.63) is 33.8 Å². The van der Waals surface area contributed by atoms with E-state index in [9.17, 15) is 4.79 Å². The van der Waals surface area contributed by atoms with Gasteiger partial charge in [-0.05, 0) is 30.2 Å². The van der Waals surface area contributed by atoms with Crippen molar-refractivity contribution in [3.8, 4) is 6.07 Å². The van der Waals surface area contributed by atoms with E-state index in [1.54, 1.807) is 13.0 Å². The van der Waals surface area contributed by atoms with E-state index in [1.807, 2.05) is 6.07 Å². The minimum absolute atomic E-state index is 0.171. The van der Waals surface area contributed by atoms with E-state index in [4.69, 9.17) is 22.0 Å². The number of carbonyl (C=O) groups is 1. The fraction of sp³-hybridized carbons (Fsp3) is 0.200. The van der Waals surface area contributed by atoms with Crippen LogP contribution in [0.25, 0.3) is 0 Å². The molecular formula is C10H8ClNO2. The van der Waals surface area contributed by atoms with Gasteiger partial charge in [-0.2, -0.15) is 5.26 Å². The van der Waals surface area contributed by atoms with Gasteiger partial charge in [0.05, 0.1) is 18.1 Å². The first kappa shape index (κ1) is 10.6. The molecule has 72 valence electrons. The van der Waals surface area contributed by atoms with Gasteiger partial charge in [-0.15, -0.1) is 0 Å². The Hall–Kier alpha value is -1.53. The van der Waals surface area contributed by atoms with Gasteiger partial charge in [0.1, 0.15) is 0 Å². The highest BCUT2D eigenvalue weighted by Gasteiger charge is 2.11. The molecule has 1 rings (SSSR count). The molecule has 0 aliphatic carbocycles. The molecule has 1 N–H and O–H groups in total. The van der Waals surface area contributed by atoms with E-state index in [0.717, 1.165) is 0 Å². The number of carboxylic acid groups (broad SMARTS) is 1. The molecule has 0 radical (unpaired) electrons. The van der Waals surface area contributed by atoms with Gasteiger partial charge in [-0.1, -0.05) is 11.6 Å². The molecular weight excluding hydrogens is 202 g/mol. The van der Waals surface area contributed by atoms with Crippen LogP contribution in [-0.2, 0) is 11.2 Å². The summed E-state index contributed by atoms with van der Waals surface area (Å²) in [4.78, 5) is 10.5. The maximum Gasteiger partial charge on any atom is 0.307 e. The molecule has 3 nitrogen and oxygen atoms in total. The van der Waals surface area contributed by atoms with Crippen LogP contribution in [-0.4, -0.2) is 11.1 Å². The molecule has 0 aliphatic rings. The Kier molecular flexibility index (Phi) is 3.10. The molecule has 4 heteroatoms. The van der Waals surface area contributed by atoms with Gasteiger partial charge < -0.3 is 5.11 Å². The molecule has 0 bridgehead atoms. The molecule has 1 aromatic carbocycles. The number of hydrogen-bond donors (Lipinski definition) is 1. The molecule has 0 spiro atoms. The summed E-state index contributed by atoms with van der Waals surface area (Å²) in [5.41, 5.74) is 1.52. The van der Waals surface area contributed by atoms with Crippen LogP contribution in [0.15, 0.2) is 12.1 Å². The number of rotatable bonds is 2. The van der Waals surface area contributed by atoms with Crippen LogP contribution in [0, 0.1) is 18.3 Å². The summed E-state index contributed by atoms with van der Waals surface area (Å²) in [5.74, 6) is -0.966. The van der Waals surface area contributed by atoms with Gasteiger partial charge in [0.25, 0.3) is 0 Å². The van der Waals surface area contributed by atoms with Crippen LogP contribution >= 0.6 is 11.6 Å². The Bertz CT molecular complexity index is 421. The molecule has 0 saturated heterocycles. The number of nitriles is 1. The third kappa shape index (κ3) is 2.04. The van der Waals surface area contributed by atoms with E-state index in [2.05, 4.69) is 0 Å². The predicted molar refractivity (Wildman–Crippen MR) is 52.2 cm³/mol. The quantitative estimate of drug-likeness (QED) is 0.812. The number of carboxylic acids is 1. The average molecular weight is 210 g/mol. The Morgan fingerprint density at radius 2 is 2.29 bits per heavy atom. The van der Waals surface area contributed by atoms with Crippen molar-refractivity contribution in [1.29, 1.82) is 5.26 Å². The summed E-state index contributed by atoms with van der Waals surface area (Å²) in [6.07, 6.45) is -0.171. The van der Waals surface area contributed by atoms with Crippen molar-refractivity contribution >= 4 is 17.6 Å². The first-order valence-corrected chi connectivity index (χ1v) is 4.34. The first-order chi connectivity index (χ1) is 6.56. The molecule has 0 heterocycles. The second-order valence-corrected chi connectivity index (χ2v) is 3.29. The van der Waals surface area contributed by atoms with Crippen molar-refractivity contribution in [3.63, 3.8) is 0 Å². The second-order valence-electron chi connectivity index (χ2n) is 2.88. The normalized spacial score (nSPS) is 9.50. The highest BCUT2D eigenvalue weighted by Crippen LogP contribution is 2.22. The lowest BCUT2D eigenvalue weighted by Crippen LogP contribution is -2.04. The minimum Gasteiger partial charge on any atom is -0.481 e. The van der Waals surface area contributed by atoms with E-state index in [-0.39, 0.29) is 6.42 Å². The third-order valence-corrected chi connectivity index (χ3v) is 2.39. The predicted octanol–water partition coefficient (Wildman–Crippen LogP) is 2.15. The van der Waals surface area contributed by atoms with Crippen molar-refractivity contribution < 1.29 is 9.90 Å². The zero-order valence-electron chi connectivity index (χ0n) is 7.54. The molecule has 0 aromatic heterocycles. The van der Waals surface area contributed by atoms with E-state index < -0.39 is 5.97 Å². The second kappa shape index (κ2) is 4.12. The SMILES string of the molecule is Cc1c(Cl)ccc(C#N)c1CC(=O)O. The van der Waals surface area contributed by atoms with Gasteiger partial charge >= 0.3 is 5.97 Å². The summed E-state index contributed by atoms with van der Waals surface area (Å²) in [6, 6.07) is 5.08. The number of hydrogen-bond acceptors (Lipinski definition) is 2. The maximum atomic E-state index is 10.5. The standard InChI is InChI=1S/C10H8ClNO2/c1-6-8(4-10(13)14)7(5-12)2-3-9(6)11/h2-3H,4H2,1H3,(H,13,14). The topological polar surface area (TPSA) is 61.1 Å². The molecule has 0 unspecified atom stereocenters. The van der Waals surface area contributed by atoms with Crippen LogP contribution in [0.1, 0.15) is 16.7 Å². The molecule has 1 aromatic rings. The van der Waals surface area contributed by atoms with E-state index >= 15 is 0 Å². The lowest BCUT2D eigenvalue weighted by molar-refractivity contribution is -0.136. The number of halogens is 1. The van der Waals surface area contributed by atoms with Crippen LogP contribution in [0.2, 0.25) is 5.02 Å². The number of benzene rings is 1. The highest BCUT2D eigenvalue weighted by molar-refractivity contribution is 6.31. The Labute approximate surface area is 86.5 Å². The monoisotopic (exact) mass is 209 g/mol. The van der Waals surface area contributed by atoms with E-state index in [0.29, 0.717) is 21.7 Å². The summed E-state index contributed by atoms with van der Waals surface area (Å²) in [6.45, 7) is 1.71. The van der Waals surface area contributed by atoms with Crippen molar-refractivity contribution in [2.45, 2.75) is 13.3 Å². The summed E-state index contributed by atoms with van der Waals surface area (Å²) in [7, 11) is 0. The van der Waals surface area contributed by atoms with Gasteiger partial charge in [0, 0.05) is 5.02 Å². The minimum atomic E-state index is -0.966. The van der Waals surface area contributed by atoms with Crippen molar-refractivity contribution in [1.82, 2.24) is 0 Å². The fourth-order valence-corrected chi connectivity index (χ4v) is 1.39. The Morgan fingerprint density at radius 1 is 1.64 bits per heavy atom. The maximum absolute atomic E-state index is 10.5. The summed E-state index contributed by atoms with van der Waals surface area (Å²) < 4.78 is 0. The molecule has 0 amide bonds. The highest BCUT2D eigenvalue weighted by atomic mass is 35.5. The van der Waals surface area contributed by atoms with Crippen LogP contribution < -0.4 is 0 Å². The largest absolute Gasteiger partial charge is 0.481 e. The summed E-state index contributed by atoms with van der Waals surface area (Å²) in [5, 5.41) is 17.9. The van der Waals surface area contributed by atoms with Crippen LogP contribution in [0.5, 0.6) is 0 Å². The lowest BCUT2D eigenvalue weighted by Gasteiger charge is -2.06. The number of aliphatic carboxylic acids is 1. The van der Waals surface area contributed by atoms with E-state index in [1.165, 1.54) is 6.07 Å². The van der Waals surface area contributed by atoms with Gasteiger partial charge in [-0.25, -0.2) is 0 Å². The molecule has 0 fully saturated rings. The Balaban J connectivity index is 3.29. The van der Waals surface area contributed by atoms with Crippen molar-refractivity contribution in [2.75, 3.05) is 0 Å². The summed E-state index contributed by atoms with van der Waals surface area (Å²) >= 11 is 5.82. The smallest absolute Gasteiger partial charge is 0.307 e. The number of nitrogens with zero attached hydrogens (tertiary/aromatic N) is 1. The van der Waals surface area contributed by atoms with Crippen molar-refractivity contribution in [2.24, 2.45) is 0 Å². The average Bonchev–Trinajstić information content (AvgIpc) is 2.13. The van der Waals surface area contributed by atoms with Gasteiger partial charge in [-0.3, -0.25) is 4.79 Å². The first-order valence-electron chi connectivity index (χ1n) is 3.96. The molecule has 0 aliphatic heterocycles. The zero-order chi connectivity index (χ0) is 10.7. The third-order valence-electron chi connectivity index (χ3n) is 1.98. The molecule has 0 saturated carbocycles. The van der Waals surface area contributed by atoms with Gasteiger partial charge in [0.15, 0.2) is 0 Å².